The van der Waals surface area contributed by atoms with Crippen molar-refractivity contribution in [1.29, 1.82) is 0 Å². The van der Waals surface area contributed by atoms with Gasteiger partial charge in [0.05, 0.1) is 5.69 Å². The highest BCUT2D eigenvalue weighted by molar-refractivity contribution is 8.13. The van der Waals surface area contributed by atoms with E-state index in [1.165, 1.54) is 16.7 Å². The summed E-state index contributed by atoms with van der Waals surface area (Å²) in [5.74, 6) is 0.997. The molecule has 2 heterocycles. The van der Waals surface area contributed by atoms with Gasteiger partial charge in [-0.25, -0.2) is 0 Å². The average molecular weight is 393 g/mol. The topological polar surface area (TPSA) is 73.5 Å². The van der Waals surface area contributed by atoms with Crippen LogP contribution >= 0.6 is 11.8 Å². The third-order valence-corrected chi connectivity index (χ3v) is 5.58. The van der Waals surface area contributed by atoms with Gasteiger partial charge < -0.3 is 9.88 Å². The Morgan fingerprint density at radius 1 is 1.07 bits per heavy atom. The zero-order chi connectivity index (χ0) is 19.5. The predicted octanol–water partition coefficient (Wildman–Crippen LogP) is 3.75. The van der Waals surface area contributed by atoms with Gasteiger partial charge in [-0.1, -0.05) is 48.2 Å². The summed E-state index contributed by atoms with van der Waals surface area (Å²) in [5.41, 5.74) is 0.425. The minimum absolute atomic E-state index is 0.0122. The van der Waals surface area contributed by atoms with Gasteiger partial charge in [0.25, 0.3) is 10.8 Å². The zero-order valence-corrected chi connectivity index (χ0v) is 15.9. The molecule has 0 unspecified atom stereocenters. The lowest BCUT2D eigenvalue weighted by atomic mass is 10.1. The van der Waals surface area contributed by atoms with Crippen LogP contribution in [-0.4, -0.2) is 39.9 Å². The first kappa shape index (κ1) is 18.3. The summed E-state index contributed by atoms with van der Waals surface area (Å²) >= 11 is 1.28. The molecule has 1 aromatic heterocycles. The zero-order valence-electron chi connectivity index (χ0n) is 15.1. The van der Waals surface area contributed by atoms with E-state index in [0.717, 1.165) is 11.1 Å². The van der Waals surface area contributed by atoms with Crippen molar-refractivity contribution in [2.75, 3.05) is 23.7 Å². The number of fused-ring (bicyclic) bond motifs is 1. The smallest absolute Gasteiger partial charge is 0.281 e. The van der Waals surface area contributed by atoms with Gasteiger partial charge in [-0.05, 0) is 29.7 Å². The Morgan fingerprint density at radius 2 is 1.82 bits per heavy atom. The number of anilines is 2. The number of nitrogens with one attached hydrogen (secondary N) is 1. The number of H-pyrrole nitrogens is 1. The fourth-order valence-electron chi connectivity index (χ4n) is 3.28. The van der Waals surface area contributed by atoms with E-state index in [9.17, 15) is 14.4 Å². The van der Waals surface area contributed by atoms with E-state index in [1.807, 2.05) is 48.5 Å². The van der Waals surface area contributed by atoms with Gasteiger partial charge in [0, 0.05) is 30.6 Å². The van der Waals surface area contributed by atoms with Crippen molar-refractivity contribution < 1.29 is 9.59 Å². The SMILES string of the molecule is O=C1SCCN1CCC(=O)N(c1ccccc1)c1cc2ccccc2c(=O)[nH]1. The van der Waals surface area contributed by atoms with Gasteiger partial charge in [-0.15, -0.1) is 0 Å². The molecule has 142 valence electrons. The monoisotopic (exact) mass is 393 g/mol. The summed E-state index contributed by atoms with van der Waals surface area (Å²) in [4.78, 5) is 43.5. The number of hydrogen-bond donors (Lipinski definition) is 1. The van der Waals surface area contributed by atoms with E-state index >= 15 is 0 Å². The minimum Gasteiger partial charge on any atom is -0.332 e. The van der Waals surface area contributed by atoms with E-state index in [0.29, 0.717) is 30.0 Å². The Kier molecular flexibility index (Phi) is 5.16. The number of carbonyl (C=O) groups excluding carboxylic acids is 2. The number of hydrogen-bond acceptors (Lipinski definition) is 4. The number of pyridine rings is 1. The van der Waals surface area contributed by atoms with Crippen LogP contribution in [0.1, 0.15) is 6.42 Å². The van der Waals surface area contributed by atoms with Crippen LogP contribution < -0.4 is 10.5 Å². The van der Waals surface area contributed by atoms with Gasteiger partial charge >= 0.3 is 0 Å². The lowest BCUT2D eigenvalue weighted by molar-refractivity contribution is -0.118. The predicted molar refractivity (Wildman–Crippen MR) is 112 cm³/mol. The number of thioether (sulfide) groups is 1. The molecule has 3 aromatic rings. The average Bonchev–Trinajstić information content (AvgIpc) is 3.12. The van der Waals surface area contributed by atoms with Crippen LogP contribution in [-0.2, 0) is 4.79 Å². The molecule has 6 nitrogen and oxygen atoms in total. The summed E-state index contributed by atoms with van der Waals surface area (Å²) in [6, 6.07) is 18.3. The van der Waals surface area contributed by atoms with Crippen molar-refractivity contribution in [3.8, 4) is 0 Å². The molecule has 1 saturated heterocycles. The molecule has 1 aliphatic rings. The molecular formula is C21H19N3O3S. The maximum atomic E-state index is 13.1. The Bertz CT molecular complexity index is 1080. The molecule has 0 spiro atoms. The molecule has 0 atom stereocenters. The Hall–Kier alpha value is -3.06. The number of nitrogens with zero attached hydrogens (tertiary/aromatic N) is 2. The summed E-state index contributed by atoms with van der Waals surface area (Å²) in [6.45, 7) is 1.03. The molecule has 2 amide bonds. The van der Waals surface area contributed by atoms with Gasteiger partial charge in [0.2, 0.25) is 5.91 Å². The molecule has 1 fully saturated rings. The highest BCUT2D eigenvalue weighted by atomic mass is 32.2. The molecule has 0 bridgehead atoms. The maximum absolute atomic E-state index is 13.1. The quantitative estimate of drug-likeness (QED) is 0.716. The van der Waals surface area contributed by atoms with Crippen molar-refractivity contribution in [3.63, 3.8) is 0 Å². The first-order valence-corrected chi connectivity index (χ1v) is 10.0. The van der Waals surface area contributed by atoms with Gasteiger partial charge in [0.1, 0.15) is 5.82 Å². The normalized spacial score (nSPS) is 13.9. The van der Waals surface area contributed by atoms with E-state index in [4.69, 9.17) is 0 Å². The lowest BCUT2D eigenvalue weighted by Gasteiger charge is -2.24. The lowest BCUT2D eigenvalue weighted by Crippen LogP contribution is -2.33. The second-order valence-electron chi connectivity index (χ2n) is 6.49. The van der Waals surface area contributed by atoms with Crippen molar-refractivity contribution in [2.24, 2.45) is 0 Å². The minimum atomic E-state index is -0.243. The van der Waals surface area contributed by atoms with Crippen LogP contribution in [0.4, 0.5) is 16.3 Å². The molecule has 7 heteroatoms. The molecule has 28 heavy (non-hydrogen) atoms. The second-order valence-corrected chi connectivity index (χ2v) is 7.53. The second kappa shape index (κ2) is 7.90. The third kappa shape index (κ3) is 3.66. The van der Waals surface area contributed by atoms with E-state index < -0.39 is 0 Å². The number of carbonyl (C=O) groups is 2. The van der Waals surface area contributed by atoms with Gasteiger partial charge in [-0.2, -0.15) is 0 Å². The molecule has 0 aliphatic carbocycles. The molecule has 1 N–H and O–H groups in total. The number of aromatic amines is 1. The summed E-state index contributed by atoms with van der Waals surface area (Å²) in [5, 5.41) is 1.35. The molecular weight excluding hydrogens is 374 g/mol. The van der Waals surface area contributed by atoms with Gasteiger partial charge in [-0.3, -0.25) is 19.3 Å². The highest BCUT2D eigenvalue weighted by Gasteiger charge is 2.24. The van der Waals surface area contributed by atoms with E-state index in [-0.39, 0.29) is 23.1 Å². The van der Waals surface area contributed by atoms with Crippen LogP contribution in [0.15, 0.2) is 65.5 Å². The van der Waals surface area contributed by atoms with Gasteiger partial charge in [0.15, 0.2) is 0 Å². The number of aromatic nitrogens is 1. The van der Waals surface area contributed by atoms with Crippen molar-refractivity contribution in [2.45, 2.75) is 6.42 Å². The number of amides is 2. The Labute approximate surface area is 166 Å². The molecule has 1 aliphatic heterocycles. The third-order valence-electron chi connectivity index (χ3n) is 4.68. The van der Waals surface area contributed by atoms with Crippen molar-refractivity contribution in [3.05, 3.63) is 71.0 Å². The maximum Gasteiger partial charge on any atom is 0.281 e. The fraction of sp³-hybridized carbons (Fsp3) is 0.190. The standard InChI is InChI=1S/C21H19N3O3S/c25-19(10-11-23-12-13-28-21(23)27)24(16-7-2-1-3-8-16)18-14-15-6-4-5-9-17(15)20(26)22-18/h1-9,14H,10-13H2,(H,22,26). The van der Waals surface area contributed by atoms with Crippen molar-refractivity contribution >= 4 is 45.2 Å². The van der Waals surface area contributed by atoms with Crippen LogP contribution in [0, 0.1) is 0 Å². The summed E-state index contributed by atoms with van der Waals surface area (Å²) in [7, 11) is 0. The van der Waals surface area contributed by atoms with E-state index in [2.05, 4.69) is 4.98 Å². The Morgan fingerprint density at radius 3 is 2.57 bits per heavy atom. The number of benzene rings is 2. The van der Waals surface area contributed by atoms with Crippen LogP contribution in [0.2, 0.25) is 0 Å². The number of rotatable bonds is 5. The number of para-hydroxylation sites is 1. The Balaban J connectivity index is 1.69. The summed E-state index contributed by atoms with van der Waals surface area (Å²) < 4.78 is 0. The van der Waals surface area contributed by atoms with E-state index in [1.54, 1.807) is 17.0 Å². The van der Waals surface area contributed by atoms with Crippen LogP contribution in [0.5, 0.6) is 0 Å². The molecule has 0 radical (unpaired) electrons. The summed E-state index contributed by atoms with van der Waals surface area (Å²) in [6.07, 6.45) is 0.177. The highest BCUT2D eigenvalue weighted by Crippen LogP contribution is 2.26. The fourth-order valence-corrected chi connectivity index (χ4v) is 4.13. The molecule has 0 saturated carbocycles. The van der Waals surface area contributed by atoms with Crippen LogP contribution in [0.25, 0.3) is 10.8 Å². The first-order chi connectivity index (χ1) is 13.6. The molecule has 2 aromatic carbocycles. The van der Waals surface area contributed by atoms with Crippen LogP contribution in [0.3, 0.4) is 0 Å². The first-order valence-electron chi connectivity index (χ1n) is 9.05. The largest absolute Gasteiger partial charge is 0.332 e. The molecule has 4 rings (SSSR count). The van der Waals surface area contributed by atoms with Crippen molar-refractivity contribution in [1.82, 2.24) is 9.88 Å².